The molecule has 2 heterocycles. The lowest BCUT2D eigenvalue weighted by molar-refractivity contribution is 0.414. The van der Waals surface area contributed by atoms with E-state index in [-0.39, 0.29) is 0 Å². The first kappa shape index (κ1) is 11.7. The van der Waals surface area contributed by atoms with E-state index < -0.39 is 0 Å². The molecular formula is C15H15N3O. The van der Waals surface area contributed by atoms with Gasteiger partial charge < -0.3 is 4.74 Å². The first-order chi connectivity index (χ1) is 9.35. The van der Waals surface area contributed by atoms with Gasteiger partial charge in [0.05, 0.1) is 7.11 Å². The number of aryl methyl sites for hydroxylation is 2. The zero-order chi connectivity index (χ0) is 13.1. The Bertz CT molecular complexity index is 640. The molecule has 3 rings (SSSR count). The molecule has 0 fully saturated rings. The maximum absolute atomic E-state index is 5.14. The molecule has 96 valence electrons. The lowest BCUT2D eigenvalue weighted by atomic mass is 10.1. The fraction of sp³-hybridized carbons (Fsp3) is 0.200. The Balaban J connectivity index is 1.70. The van der Waals surface area contributed by atoms with Crippen LogP contribution < -0.4 is 4.74 Å². The van der Waals surface area contributed by atoms with E-state index in [9.17, 15) is 0 Å². The second kappa shape index (κ2) is 5.10. The highest BCUT2D eigenvalue weighted by Crippen LogP contribution is 2.13. The molecule has 0 saturated carbocycles. The number of pyridine rings is 1. The van der Waals surface area contributed by atoms with E-state index in [2.05, 4.69) is 22.2 Å². The summed E-state index contributed by atoms with van der Waals surface area (Å²) in [5.41, 5.74) is 2.16. The Labute approximate surface area is 111 Å². The van der Waals surface area contributed by atoms with Crippen molar-refractivity contribution in [2.24, 2.45) is 0 Å². The second-order valence-electron chi connectivity index (χ2n) is 4.38. The molecule has 0 atom stereocenters. The quantitative estimate of drug-likeness (QED) is 0.717. The fourth-order valence-electron chi connectivity index (χ4n) is 2.03. The van der Waals surface area contributed by atoms with Crippen LogP contribution in [0, 0.1) is 0 Å². The van der Waals surface area contributed by atoms with Crippen molar-refractivity contribution in [3.8, 4) is 5.75 Å². The van der Waals surface area contributed by atoms with Gasteiger partial charge in [-0.2, -0.15) is 5.10 Å². The molecule has 4 heteroatoms. The molecule has 0 aliphatic heterocycles. The third-order valence-electron chi connectivity index (χ3n) is 3.08. The van der Waals surface area contributed by atoms with Crippen LogP contribution in [-0.4, -0.2) is 21.7 Å². The number of hydrogen-bond acceptors (Lipinski definition) is 3. The van der Waals surface area contributed by atoms with Crippen molar-refractivity contribution in [2.75, 3.05) is 7.11 Å². The zero-order valence-electron chi connectivity index (χ0n) is 10.8. The number of ether oxygens (including phenoxy) is 1. The minimum Gasteiger partial charge on any atom is -0.497 e. The molecule has 0 spiro atoms. The van der Waals surface area contributed by atoms with E-state index >= 15 is 0 Å². The van der Waals surface area contributed by atoms with E-state index in [1.807, 2.05) is 41.0 Å². The van der Waals surface area contributed by atoms with Crippen molar-refractivity contribution >= 4 is 5.65 Å². The van der Waals surface area contributed by atoms with E-state index in [4.69, 9.17) is 4.74 Å². The summed E-state index contributed by atoms with van der Waals surface area (Å²) in [6.07, 6.45) is 3.69. The lowest BCUT2D eigenvalue weighted by Crippen LogP contribution is -1.94. The van der Waals surface area contributed by atoms with Crippen LogP contribution in [0.1, 0.15) is 11.4 Å². The first-order valence-corrected chi connectivity index (χ1v) is 6.28. The Morgan fingerprint density at radius 2 is 1.89 bits per heavy atom. The van der Waals surface area contributed by atoms with Gasteiger partial charge in [-0.25, -0.2) is 9.50 Å². The number of fused-ring (bicyclic) bond motifs is 1. The van der Waals surface area contributed by atoms with Crippen molar-refractivity contribution in [1.82, 2.24) is 14.6 Å². The van der Waals surface area contributed by atoms with E-state index in [1.54, 1.807) is 7.11 Å². The fourth-order valence-corrected chi connectivity index (χ4v) is 2.03. The predicted molar refractivity (Wildman–Crippen MR) is 73.4 cm³/mol. The molecule has 0 saturated heterocycles. The molecule has 0 radical (unpaired) electrons. The molecule has 0 amide bonds. The topological polar surface area (TPSA) is 39.4 Å². The van der Waals surface area contributed by atoms with Crippen LogP contribution in [0.3, 0.4) is 0 Å². The molecule has 0 aliphatic rings. The Morgan fingerprint density at radius 1 is 1.05 bits per heavy atom. The van der Waals surface area contributed by atoms with Gasteiger partial charge in [0.15, 0.2) is 11.5 Å². The molecule has 0 unspecified atom stereocenters. The summed E-state index contributed by atoms with van der Waals surface area (Å²) in [5.74, 6) is 1.76. The van der Waals surface area contributed by atoms with Gasteiger partial charge in [-0.15, -0.1) is 0 Å². The number of nitrogens with zero attached hydrogens (tertiary/aromatic N) is 3. The van der Waals surface area contributed by atoms with Gasteiger partial charge in [0, 0.05) is 12.6 Å². The highest BCUT2D eigenvalue weighted by Gasteiger charge is 2.03. The van der Waals surface area contributed by atoms with Gasteiger partial charge in [0.2, 0.25) is 0 Å². The summed E-state index contributed by atoms with van der Waals surface area (Å²) in [5, 5.41) is 4.44. The maximum atomic E-state index is 5.14. The van der Waals surface area contributed by atoms with Crippen LogP contribution in [0.2, 0.25) is 0 Å². The van der Waals surface area contributed by atoms with Crippen LogP contribution >= 0.6 is 0 Å². The smallest absolute Gasteiger partial charge is 0.155 e. The van der Waals surface area contributed by atoms with Gasteiger partial charge in [0.1, 0.15) is 5.75 Å². The van der Waals surface area contributed by atoms with Crippen molar-refractivity contribution in [3.63, 3.8) is 0 Å². The lowest BCUT2D eigenvalue weighted by Gasteiger charge is -2.01. The summed E-state index contributed by atoms with van der Waals surface area (Å²) >= 11 is 0. The highest BCUT2D eigenvalue weighted by molar-refractivity contribution is 5.36. The van der Waals surface area contributed by atoms with Crippen LogP contribution in [-0.2, 0) is 12.8 Å². The van der Waals surface area contributed by atoms with E-state index in [0.717, 1.165) is 30.1 Å². The van der Waals surface area contributed by atoms with E-state index in [0.29, 0.717) is 0 Å². The standard InChI is InChI=1S/C15H15N3O/c1-19-13-8-5-12(6-9-13)7-10-14-16-15-4-2-3-11-18(15)17-14/h2-6,8-9,11H,7,10H2,1H3. The first-order valence-electron chi connectivity index (χ1n) is 6.28. The Kier molecular flexibility index (Phi) is 3.14. The van der Waals surface area contributed by atoms with Crippen molar-refractivity contribution in [1.29, 1.82) is 0 Å². The van der Waals surface area contributed by atoms with Gasteiger partial charge in [0.25, 0.3) is 0 Å². The van der Waals surface area contributed by atoms with E-state index in [1.165, 1.54) is 5.56 Å². The van der Waals surface area contributed by atoms with Crippen molar-refractivity contribution in [2.45, 2.75) is 12.8 Å². The van der Waals surface area contributed by atoms with Gasteiger partial charge in [-0.3, -0.25) is 0 Å². The summed E-state index contributed by atoms with van der Waals surface area (Å²) in [4.78, 5) is 4.49. The van der Waals surface area contributed by atoms with Crippen LogP contribution in [0.4, 0.5) is 0 Å². The number of aromatic nitrogens is 3. The number of benzene rings is 1. The number of methoxy groups -OCH3 is 1. The molecule has 4 nitrogen and oxygen atoms in total. The van der Waals surface area contributed by atoms with Gasteiger partial charge >= 0.3 is 0 Å². The number of hydrogen-bond donors (Lipinski definition) is 0. The molecule has 0 aliphatic carbocycles. The van der Waals surface area contributed by atoms with Crippen LogP contribution in [0.15, 0.2) is 48.7 Å². The van der Waals surface area contributed by atoms with Crippen LogP contribution in [0.25, 0.3) is 5.65 Å². The minimum absolute atomic E-state index is 0.841. The largest absolute Gasteiger partial charge is 0.497 e. The number of rotatable bonds is 4. The highest BCUT2D eigenvalue weighted by atomic mass is 16.5. The van der Waals surface area contributed by atoms with Gasteiger partial charge in [-0.1, -0.05) is 18.2 Å². The normalized spacial score (nSPS) is 10.8. The van der Waals surface area contributed by atoms with Gasteiger partial charge in [-0.05, 0) is 36.2 Å². The van der Waals surface area contributed by atoms with Crippen molar-refractivity contribution < 1.29 is 4.74 Å². The van der Waals surface area contributed by atoms with Crippen LogP contribution in [0.5, 0.6) is 5.75 Å². The summed E-state index contributed by atoms with van der Waals surface area (Å²) < 4.78 is 6.95. The molecule has 2 aromatic heterocycles. The second-order valence-corrected chi connectivity index (χ2v) is 4.38. The maximum Gasteiger partial charge on any atom is 0.155 e. The zero-order valence-corrected chi connectivity index (χ0v) is 10.8. The molecular weight excluding hydrogens is 238 g/mol. The molecule has 19 heavy (non-hydrogen) atoms. The Hall–Kier alpha value is -2.36. The average molecular weight is 253 g/mol. The third-order valence-corrected chi connectivity index (χ3v) is 3.08. The summed E-state index contributed by atoms with van der Waals surface area (Å²) in [6, 6.07) is 14.0. The minimum atomic E-state index is 0.841. The molecule has 0 N–H and O–H groups in total. The van der Waals surface area contributed by atoms with Crippen molar-refractivity contribution in [3.05, 3.63) is 60.0 Å². The molecule has 1 aromatic carbocycles. The Morgan fingerprint density at radius 3 is 2.63 bits per heavy atom. The SMILES string of the molecule is COc1ccc(CCc2nc3ccccn3n2)cc1. The molecule has 0 bridgehead atoms. The third kappa shape index (κ3) is 2.57. The summed E-state index contributed by atoms with van der Waals surface area (Å²) in [6.45, 7) is 0. The monoisotopic (exact) mass is 253 g/mol. The predicted octanol–water partition coefficient (Wildman–Crippen LogP) is 2.52. The molecule has 3 aromatic rings. The summed E-state index contributed by atoms with van der Waals surface area (Å²) in [7, 11) is 1.68. The average Bonchev–Trinajstić information content (AvgIpc) is 2.88.